The zero-order valence-electron chi connectivity index (χ0n) is 22.9. The standard InChI is InChI=1S/C27H39N9O2S/c1-18-24-25(29-20-4-6-22(7-5-20)35-11-3-10-34(12-13-35)19(2)37)31-27(32-26(24)39-33-18)30-21-16-28-36(17-21)23-8-14-38-15-9-23/h16-17,20,22-23H,3-15H2,1-2H3,(H2,29,30,31,32). The number of ether oxygens (including phenoxy) is 1. The van der Waals surface area contributed by atoms with Crippen molar-refractivity contribution in [3.63, 3.8) is 0 Å². The van der Waals surface area contributed by atoms with Crippen LogP contribution in [0, 0.1) is 6.92 Å². The first-order chi connectivity index (χ1) is 19.0. The third kappa shape index (κ3) is 6.02. The molecule has 3 aliphatic rings. The second-order valence-electron chi connectivity index (χ2n) is 11.1. The Balaban J connectivity index is 1.11. The summed E-state index contributed by atoms with van der Waals surface area (Å²) >= 11 is 1.42. The number of hydrogen-bond acceptors (Lipinski definition) is 10. The van der Waals surface area contributed by atoms with Crippen molar-refractivity contribution < 1.29 is 9.53 Å². The van der Waals surface area contributed by atoms with Gasteiger partial charge in [0.25, 0.3) is 0 Å². The number of nitrogens with one attached hydrogen (secondary N) is 2. The lowest BCUT2D eigenvalue weighted by Gasteiger charge is -2.36. The van der Waals surface area contributed by atoms with Gasteiger partial charge in [-0.1, -0.05) is 0 Å². The minimum Gasteiger partial charge on any atom is -0.381 e. The summed E-state index contributed by atoms with van der Waals surface area (Å²) < 4.78 is 12.1. The van der Waals surface area contributed by atoms with E-state index in [0.717, 1.165) is 112 Å². The Morgan fingerprint density at radius 2 is 1.85 bits per heavy atom. The molecule has 11 nitrogen and oxygen atoms in total. The van der Waals surface area contributed by atoms with Gasteiger partial charge in [0.15, 0.2) is 4.83 Å². The molecule has 0 unspecified atom stereocenters. The largest absolute Gasteiger partial charge is 0.381 e. The SMILES string of the molecule is CC(=O)N1CCCN(C2CCC(Nc3nc(Nc4cnn(C5CCOCC5)c4)nc4snc(C)c34)CC2)CC1. The van der Waals surface area contributed by atoms with Crippen LogP contribution in [-0.2, 0) is 9.53 Å². The fraction of sp³-hybridized carbons (Fsp3) is 0.667. The molecule has 2 saturated heterocycles. The molecule has 3 aromatic heterocycles. The molecule has 1 amide bonds. The summed E-state index contributed by atoms with van der Waals surface area (Å²) in [6.45, 7) is 9.07. The summed E-state index contributed by atoms with van der Waals surface area (Å²) in [7, 11) is 0. The van der Waals surface area contributed by atoms with Gasteiger partial charge in [0.05, 0.1) is 29.0 Å². The average Bonchev–Trinajstić information content (AvgIpc) is 3.47. The quantitative estimate of drug-likeness (QED) is 0.468. The molecule has 1 saturated carbocycles. The van der Waals surface area contributed by atoms with E-state index >= 15 is 0 Å². The molecule has 1 aliphatic carbocycles. The van der Waals surface area contributed by atoms with Gasteiger partial charge in [0.1, 0.15) is 5.82 Å². The van der Waals surface area contributed by atoms with Gasteiger partial charge in [-0.05, 0) is 63.4 Å². The third-order valence-corrected chi connectivity index (χ3v) is 9.29. The molecule has 5 heterocycles. The number of aromatic nitrogens is 5. The van der Waals surface area contributed by atoms with Crippen molar-refractivity contribution in [3.8, 4) is 0 Å². The topological polar surface area (TPSA) is 113 Å². The number of rotatable bonds is 6. The van der Waals surface area contributed by atoms with E-state index in [1.54, 1.807) is 6.92 Å². The number of fused-ring (bicyclic) bond motifs is 1. The average molecular weight is 554 g/mol. The van der Waals surface area contributed by atoms with E-state index in [2.05, 4.69) is 25.0 Å². The Bertz CT molecular complexity index is 1280. The summed E-state index contributed by atoms with van der Waals surface area (Å²) in [5, 5.41) is 12.7. The Labute approximate surface area is 233 Å². The normalized spacial score (nSPS) is 23.6. The lowest BCUT2D eigenvalue weighted by molar-refractivity contribution is -0.128. The van der Waals surface area contributed by atoms with Crippen LogP contribution in [-0.4, -0.2) is 91.3 Å². The van der Waals surface area contributed by atoms with Crippen LogP contribution in [0.2, 0.25) is 0 Å². The Kier molecular flexibility index (Phi) is 7.94. The van der Waals surface area contributed by atoms with Crippen molar-refractivity contribution >= 4 is 45.1 Å². The molecule has 0 bridgehead atoms. The van der Waals surface area contributed by atoms with Crippen LogP contribution < -0.4 is 10.6 Å². The number of carbonyl (C=O) groups is 1. The molecule has 2 aliphatic heterocycles. The molecule has 6 rings (SSSR count). The van der Waals surface area contributed by atoms with Gasteiger partial charge < -0.3 is 20.3 Å². The number of aryl methyl sites for hydroxylation is 1. The second-order valence-corrected chi connectivity index (χ2v) is 11.8. The molecule has 0 atom stereocenters. The van der Waals surface area contributed by atoms with Gasteiger partial charge in [-0.15, -0.1) is 0 Å². The van der Waals surface area contributed by atoms with Gasteiger partial charge in [-0.2, -0.15) is 19.4 Å². The van der Waals surface area contributed by atoms with Crippen LogP contribution in [0.5, 0.6) is 0 Å². The van der Waals surface area contributed by atoms with Crippen molar-refractivity contribution in [2.45, 2.75) is 76.9 Å². The first kappa shape index (κ1) is 26.4. The van der Waals surface area contributed by atoms with E-state index < -0.39 is 0 Å². The Hall–Kier alpha value is -2.83. The molecule has 0 radical (unpaired) electrons. The monoisotopic (exact) mass is 553 g/mol. The highest BCUT2D eigenvalue weighted by Gasteiger charge is 2.28. The van der Waals surface area contributed by atoms with Gasteiger partial charge in [0.2, 0.25) is 11.9 Å². The Morgan fingerprint density at radius 3 is 2.64 bits per heavy atom. The summed E-state index contributed by atoms with van der Waals surface area (Å²) in [6, 6.07) is 1.33. The number of anilines is 3. The molecule has 3 fully saturated rings. The summed E-state index contributed by atoms with van der Waals surface area (Å²) in [5.74, 6) is 1.62. The van der Waals surface area contributed by atoms with Crippen molar-refractivity contribution in [1.29, 1.82) is 0 Å². The second kappa shape index (κ2) is 11.7. The predicted molar refractivity (Wildman–Crippen MR) is 153 cm³/mol. The molecular formula is C27H39N9O2S. The number of nitrogens with zero attached hydrogens (tertiary/aromatic N) is 7. The lowest BCUT2D eigenvalue weighted by Crippen LogP contribution is -2.42. The third-order valence-electron chi connectivity index (χ3n) is 8.46. The van der Waals surface area contributed by atoms with Crippen molar-refractivity contribution in [3.05, 3.63) is 18.1 Å². The van der Waals surface area contributed by atoms with Crippen LogP contribution in [0.15, 0.2) is 12.4 Å². The van der Waals surface area contributed by atoms with Gasteiger partial charge >= 0.3 is 0 Å². The van der Waals surface area contributed by atoms with Crippen molar-refractivity contribution in [1.82, 2.24) is 33.9 Å². The van der Waals surface area contributed by atoms with E-state index in [-0.39, 0.29) is 5.91 Å². The maximum Gasteiger partial charge on any atom is 0.230 e. The molecule has 12 heteroatoms. The maximum absolute atomic E-state index is 11.8. The van der Waals surface area contributed by atoms with Crippen LogP contribution in [0.4, 0.5) is 17.5 Å². The number of hydrogen-bond donors (Lipinski definition) is 2. The highest BCUT2D eigenvalue weighted by molar-refractivity contribution is 7.13. The van der Waals surface area contributed by atoms with Crippen LogP contribution in [0.25, 0.3) is 10.2 Å². The summed E-state index contributed by atoms with van der Waals surface area (Å²) in [4.78, 5) is 27.0. The van der Waals surface area contributed by atoms with E-state index in [9.17, 15) is 4.79 Å². The molecule has 2 N–H and O–H groups in total. The molecule has 3 aromatic rings. The zero-order valence-corrected chi connectivity index (χ0v) is 23.8. The van der Waals surface area contributed by atoms with E-state index in [4.69, 9.17) is 14.7 Å². The summed E-state index contributed by atoms with van der Waals surface area (Å²) in [5.41, 5.74) is 1.85. The highest BCUT2D eigenvalue weighted by Crippen LogP contribution is 2.32. The van der Waals surface area contributed by atoms with E-state index in [0.29, 0.717) is 24.1 Å². The maximum atomic E-state index is 11.8. The molecule has 0 spiro atoms. The van der Waals surface area contributed by atoms with Gasteiger partial charge in [0, 0.05) is 64.6 Å². The van der Waals surface area contributed by atoms with E-state index in [1.165, 1.54) is 11.5 Å². The lowest BCUT2D eigenvalue weighted by atomic mass is 9.90. The first-order valence-corrected chi connectivity index (χ1v) is 15.1. The smallest absolute Gasteiger partial charge is 0.230 e. The minimum atomic E-state index is 0.196. The number of amides is 1. The zero-order chi connectivity index (χ0) is 26.8. The van der Waals surface area contributed by atoms with Crippen molar-refractivity contribution in [2.75, 3.05) is 50.0 Å². The van der Waals surface area contributed by atoms with Gasteiger partial charge in [-0.25, -0.2) is 0 Å². The minimum absolute atomic E-state index is 0.196. The van der Waals surface area contributed by atoms with Crippen molar-refractivity contribution in [2.24, 2.45) is 0 Å². The fourth-order valence-electron chi connectivity index (χ4n) is 6.23. The Morgan fingerprint density at radius 1 is 1.03 bits per heavy atom. The van der Waals surface area contributed by atoms with Crippen LogP contribution in [0.3, 0.4) is 0 Å². The van der Waals surface area contributed by atoms with E-state index in [1.807, 2.05) is 28.9 Å². The first-order valence-electron chi connectivity index (χ1n) is 14.3. The van der Waals surface area contributed by atoms with Crippen LogP contribution in [0.1, 0.15) is 63.6 Å². The number of carbonyl (C=O) groups excluding carboxylic acids is 1. The fourth-order valence-corrected chi connectivity index (χ4v) is 7.00. The van der Waals surface area contributed by atoms with Gasteiger partial charge in [-0.3, -0.25) is 14.4 Å². The molecule has 0 aromatic carbocycles. The molecular weight excluding hydrogens is 514 g/mol. The molecule has 210 valence electrons. The van der Waals surface area contributed by atoms with Crippen LogP contribution >= 0.6 is 11.5 Å². The highest BCUT2D eigenvalue weighted by atomic mass is 32.1. The predicted octanol–water partition coefficient (Wildman–Crippen LogP) is 3.96. The summed E-state index contributed by atoms with van der Waals surface area (Å²) in [6.07, 6.45) is 11.4. The molecule has 39 heavy (non-hydrogen) atoms.